The first-order chi connectivity index (χ1) is 9.63. The molecule has 0 bridgehead atoms. The van der Waals surface area contributed by atoms with Gasteiger partial charge in [0.1, 0.15) is 11.3 Å². The zero-order chi connectivity index (χ0) is 14.6. The molecule has 4 heteroatoms. The maximum absolute atomic E-state index is 12.5. The topological polar surface area (TPSA) is 53.3 Å². The highest BCUT2D eigenvalue weighted by Crippen LogP contribution is 2.37. The van der Waals surface area contributed by atoms with E-state index in [1.807, 2.05) is 19.1 Å². The molecule has 0 N–H and O–H groups in total. The van der Waals surface area contributed by atoms with E-state index < -0.39 is 5.54 Å². The molecule has 106 valence electrons. The van der Waals surface area contributed by atoms with Gasteiger partial charge in [-0.05, 0) is 43.9 Å². The maximum atomic E-state index is 12.5. The molecule has 0 aromatic heterocycles. The Kier molecular flexibility index (Phi) is 4.29. The van der Waals surface area contributed by atoms with Gasteiger partial charge in [-0.25, -0.2) is 0 Å². The number of benzene rings is 1. The Hall–Kier alpha value is -2.02. The smallest absolute Gasteiger partial charge is 0.255 e. The van der Waals surface area contributed by atoms with Gasteiger partial charge in [0.15, 0.2) is 0 Å². The molecule has 0 atom stereocenters. The molecule has 0 radical (unpaired) electrons. The fraction of sp³-hybridized carbons (Fsp3) is 0.500. The van der Waals surface area contributed by atoms with E-state index in [9.17, 15) is 10.1 Å². The summed E-state index contributed by atoms with van der Waals surface area (Å²) >= 11 is 0. The molecule has 1 fully saturated rings. The fourth-order valence-electron chi connectivity index (χ4n) is 2.36. The second-order valence-corrected chi connectivity index (χ2v) is 5.24. The lowest BCUT2D eigenvalue weighted by molar-refractivity contribution is 0.0497. The van der Waals surface area contributed by atoms with Crippen LogP contribution >= 0.6 is 0 Å². The first-order valence-corrected chi connectivity index (χ1v) is 7.05. The summed E-state index contributed by atoms with van der Waals surface area (Å²) in [6, 6.07) is 9.46. The summed E-state index contributed by atoms with van der Waals surface area (Å²) in [6.45, 7) is 2.67. The molecule has 1 aliphatic rings. The van der Waals surface area contributed by atoms with Crippen LogP contribution in [0, 0.1) is 11.3 Å². The van der Waals surface area contributed by atoms with E-state index in [0.717, 1.165) is 25.7 Å². The third kappa shape index (κ3) is 2.62. The van der Waals surface area contributed by atoms with Gasteiger partial charge < -0.3 is 9.64 Å². The minimum atomic E-state index is -0.614. The minimum absolute atomic E-state index is 0.117. The molecule has 1 aromatic rings. The fourth-order valence-corrected chi connectivity index (χ4v) is 2.36. The van der Waals surface area contributed by atoms with Gasteiger partial charge in [0.25, 0.3) is 5.91 Å². The van der Waals surface area contributed by atoms with Gasteiger partial charge in [-0.3, -0.25) is 4.79 Å². The molecular weight excluding hydrogens is 252 g/mol. The summed E-state index contributed by atoms with van der Waals surface area (Å²) in [7, 11) is 1.71. The van der Waals surface area contributed by atoms with Crippen molar-refractivity contribution in [1.29, 1.82) is 5.26 Å². The molecule has 20 heavy (non-hydrogen) atoms. The van der Waals surface area contributed by atoms with Crippen LogP contribution in [-0.2, 0) is 0 Å². The molecule has 0 spiro atoms. The van der Waals surface area contributed by atoms with E-state index in [-0.39, 0.29) is 5.91 Å². The first-order valence-electron chi connectivity index (χ1n) is 7.05. The van der Waals surface area contributed by atoms with Gasteiger partial charge in [-0.15, -0.1) is 0 Å². The van der Waals surface area contributed by atoms with Crippen molar-refractivity contribution < 1.29 is 9.53 Å². The monoisotopic (exact) mass is 272 g/mol. The average molecular weight is 272 g/mol. The van der Waals surface area contributed by atoms with Gasteiger partial charge in [0.2, 0.25) is 0 Å². The van der Waals surface area contributed by atoms with Crippen LogP contribution in [0.1, 0.15) is 43.0 Å². The van der Waals surface area contributed by atoms with Crippen molar-refractivity contribution in [2.45, 2.75) is 38.1 Å². The number of nitrogens with zero attached hydrogens (tertiary/aromatic N) is 2. The van der Waals surface area contributed by atoms with Crippen LogP contribution in [0.5, 0.6) is 5.75 Å². The number of hydrogen-bond donors (Lipinski definition) is 0. The van der Waals surface area contributed by atoms with E-state index >= 15 is 0 Å². The van der Waals surface area contributed by atoms with Crippen LogP contribution < -0.4 is 4.74 Å². The minimum Gasteiger partial charge on any atom is -0.494 e. The number of carbonyl (C=O) groups excluding carboxylic acids is 1. The Morgan fingerprint density at radius 3 is 2.80 bits per heavy atom. The Morgan fingerprint density at radius 1 is 1.50 bits per heavy atom. The van der Waals surface area contributed by atoms with Crippen LogP contribution in [0.15, 0.2) is 24.3 Å². The SMILES string of the molecule is CCCOc1cccc(C(=O)N(C)C2(C#N)CCC2)c1. The number of amides is 1. The molecule has 0 aliphatic heterocycles. The Balaban J connectivity index is 2.14. The average Bonchev–Trinajstić information content (AvgIpc) is 2.44. The van der Waals surface area contributed by atoms with Crippen molar-refractivity contribution in [3.05, 3.63) is 29.8 Å². The molecule has 2 rings (SSSR count). The van der Waals surface area contributed by atoms with E-state index in [1.54, 1.807) is 24.1 Å². The van der Waals surface area contributed by atoms with Crippen molar-refractivity contribution in [2.75, 3.05) is 13.7 Å². The lowest BCUT2D eigenvalue weighted by Crippen LogP contribution is -2.53. The molecule has 0 saturated heterocycles. The van der Waals surface area contributed by atoms with Crippen molar-refractivity contribution in [3.63, 3.8) is 0 Å². The molecule has 1 amide bonds. The molecule has 4 nitrogen and oxygen atoms in total. The molecular formula is C16H20N2O2. The van der Waals surface area contributed by atoms with Gasteiger partial charge in [0, 0.05) is 12.6 Å². The molecule has 1 saturated carbocycles. The first kappa shape index (κ1) is 14.4. The lowest BCUT2D eigenvalue weighted by atomic mass is 9.76. The van der Waals surface area contributed by atoms with Crippen LogP contribution in [0.25, 0.3) is 0 Å². The van der Waals surface area contributed by atoms with Gasteiger partial charge in [-0.2, -0.15) is 5.26 Å². The van der Waals surface area contributed by atoms with Crippen LogP contribution in [0.4, 0.5) is 0 Å². The van der Waals surface area contributed by atoms with Crippen LogP contribution in [0.2, 0.25) is 0 Å². The highest BCUT2D eigenvalue weighted by molar-refractivity contribution is 5.95. The van der Waals surface area contributed by atoms with E-state index in [1.165, 1.54) is 0 Å². The summed E-state index contributed by atoms with van der Waals surface area (Å²) in [5.41, 5.74) is -0.0418. The standard InChI is InChI=1S/C16H20N2O2/c1-3-10-20-14-7-4-6-13(11-14)15(19)18(2)16(12-17)8-5-9-16/h4,6-7,11H,3,5,8-10H2,1-2H3. The van der Waals surface area contributed by atoms with Gasteiger partial charge >= 0.3 is 0 Å². The number of carbonyl (C=O) groups is 1. The number of ether oxygens (including phenoxy) is 1. The number of hydrogen-bond acceptors (Lipinski definition) is 3. The predicted octanol–water partition coefficient (Wildman–Crippen LogP) is 2.99. The third-order valence-electron chi connectivity index (χ3n) is 3.89. The van der Waals surface area contributed by atoms with Crippen LogP contribution in [0.3, 0.4) is 0 Å². The molecule has 0 unspecified atom stereocenters. The predicted molar refractivity (Wildman–Crippen MR) is 76.5 cm³/mol. The third-order valence-corrected chi connectivity index (χ3v) is 3.89. The van der Waals surface area contributed by atoms with E-state index in [4.69, 9.17) is 4.74 Å². The second-order valence-electron chi connectivity index (χ2n) is 5.24. The summed E-state index contributed by atoms with van der Waals surface area (Å²) < 4.78 is 5.54. The summed E-state index contributed by atoms with van der Waals surface area (Å²) in [6.07, 6.45) is 3.45. The summed E-state index contributed by atoms with van der Waals surface area (Å²) in [5, 5.41) is 9.30. The maximum Gasteiger partial charge on any atom is 0.255 e. The normalized spacial score (nSPS) is 15.8. The largest absolute Gasteiger partial charge is 0.494 e. The van der Waals surface area contributed by atoms with Crippen molar-refractivity contribution >= 4 is 5.91 Å². The van der Waals surface area contributed by atoms with Gasteiger partial charge in [-0.1, -0.05) is 13.0 Å². The van der Waals surface area contributed by atoms with Crippen molar-refractivity contribution in [2.24, 2.45) is 0 Å². The number of nitriles is 1. The van der Waals surface area contributed by atoms with E-state index in [2.05, 4.69) is 6.07 Å². The van der Waals surface area contributed by atoms with Crippen LogP contribution in [-0.4, -0.2) is 30.0 Å². The van der Waals surface area contributed by atoms with Gasteiger partial charge in [0.05, 0.1) is 12.7 Å². The zero-order valence-corrected chi connectivity index (χ0v) is 12.1. The molecule has 1 aliphatic carbocycles. The molecule has 0 heterocycles. The lowest BCUT2D eigenvalue weighted by Gasteiger charge is -2.42. The van der Waals surface area contributed by atoms with Crippen molar-refractivity contribution in [3.8, 4) is 11.8 Å². The highest BCUT2D eigenvalue weighted by Gasteiger charge is 2.43. The highest BCUT2D eigenvalue weighted by atomic mass is 16.5. The quantitative estimate of drug-likeness (QED) is 0.828. The number of rotatable bonds is 5. The summed E-state index contributed by atoms with van der Waals surface area (Å²) in [5.74, 6) is 0.582. The zero-order valence-electron chi connectivity index (χ0n) is 12.1. The van der Waals surface area contributed by atoms with Crippen molar-refractivity contribution in [1.82, 2.24) is 4.90 Å². The van der Waals surface area contributed by atoms with E-state index in [0.29, 0.717) is 17.9 Å². The summed E-state index contributed by atoms with van der Waals surface area (Å²) in [4.78, 5) is 14.1. The Morgan fingerprint density at radius 2 is 2.25 bits per heavy atom. The second kappa shape index (κ2) is 5.96. The Labute approximate surface area is 120 Å². The molecule has 1 aromatic carbocycles. The Bertz CT molecular complexity index is 530.